The Morgan fingerprint density at radius 3 is 2.03 bits per heavy atom. The van der Waals surface area contributed by atoms with Crippen molar-refractivity contribution in [3.8, 4) is 6.07 Å². The first-order valence-electron chi connectivity index (χ1n) is 8.13. The summed E-state index contributed by atoms with van der Waals surface area (Å²) in [5, 5.41) is 8.85. The van der Waals surface area contributed by atoms with Gasteiger partial charge in [-0.15, -0.1) is 5.12 Å². The number of benzene rings is 1. The number of nitrogens with zero attached hydrogens (tertiary/aromatic N) is 3. The van der Waals surface area contributed by atoms with Gasteiger partial charge in [-0.3, -0.25) is 5.01 Å². The van der Waals surface area contributed by atoms with Crippen LogP contribution >= 0.6 is 23.2 Å². The highest BCUT2D eigenvalue weighted by Gasteiger charge is 2.56. The van der Waals surface area contributed by atoms with Gasteiger partial charge in [0.2, 0.25) is 0 Å². The molecule has 0 spiro atoms. The predicted molar refractivity (Wildman–Crippen MR) is 99.7 cm³/mol. The molecule has 1 atom stereocenters. The molecule has 7 nitrogen and oxygen atoms in total. The summed E-state index contributed by atoms with van der Waals surface area (Å²) in [5.41, 5.74) is -2.85. The number of nitrogens with two attached hydrogens (primary N) is 2. The van der Waals surface area contributed by atoms with Gasteiger partial charge in [0.1, 0.15) is 4.91 Å². The van der Waals surface area contributed by atoms with Crippen molar-refractivity contribution in [2.75, 3.05) is 11.6 Å². The zero-order valence-corrected chi connectivity index (χ0v) is 17.4. The summed E-state index contributed by atoms with van der Waals surface area (Å²) in [6.45, 7) is -0.0903. The van der Waals surface area contributed by atoms with Crippen molar-refractivity contribution in [1.29, 1.82) is 5.26 Å². The maximum Gasteiger partial charge on any atom is 0.501 e. The third kappa shape index (κ3) is 4.57. The average molecular weight is 512 g/mol. The van der Waals surface area contributed by atoms with E-state index < -0.39 is 65.9 Å². The minimum Gasteiger partial charge on any atom is -0.330 e. The molecule has 0 aromatic heterocycles. The number of nitriles is 1. The molecular formula is C15H13Cl2F6N5O2S. The van der Waals surface area contributed by atoms with Crippen LogP contribution in [0.4, 0.5) is 32.0 Å². The van der Waals surface area contributed by atoms with Crippen LogP contribution in [0, 0.1) is 11.3 Å². The van der Waals surface area contributed by atoms with E-state index in [1.807, 2.05) is 0 Å². The van der Waals surface area contributed by atoms with Crippen LogP contribution in [-0.4, -0.2) is 31.6 Å². The van der Waals surface area contributed by atoms with Crippen LogP contribution < -0.4 is 16.6 Å². The highest BCUT2D eigenvalue weighted by atomic mass is 35.5. The molecule has 0 fully saturated rings. The van der Waals surface area contributed by atoms with Crippen molar-refractivity contribution < 1.29 is 34.8 Å². The molecule has 0 bridgehead atoms. The molecule has 4 N–H and O–H groups in total. The average Bonchev–Trinajstić information content (AvgIpc) is 2.90. The molecule has 1 aliphatic rings. The van der Waals surface area contributed by atoms with Crippen LogP contribution in [0.1, 0.15) is 18.4 Å². The first kappa shape index (κ1) is 25.5. The van der Waals surface area contributed by atoms with Gasteiger partial charge in [0, 0.05) is 0 Å². The number of rotatable bonds is 5. The number of hydrogen-bond donors (Lipinski definition) is 2. The van der Waals surface area contributed by atoms with Gasteiger partial charge in [-0.05, 0) is 31.5 Å². The Bertz CT molecular complexity index is 1030. The van der Waals surface area contributed by atoms with E-state index in [9.17, 15) is 40.0 Å². The van der Waals surface area contributed by atoms with Gasteiger partial charge in [0.25, 0.3) is 9.84 Å². The molecule has 0 radical (unpaired) electrons. The molecule has 0 saturated carbocycles. The Labute approximate surface area is 182 Å². The summed E-state index contributed by atoms with van der Waals surface area (Å²) >= 11 is 11.8. The van der Waals surface area contributed by atoms with Gasteiger partial charge in [-0.1, -0.05) is 23.2 Å². The van der Waals surface area contributed by atoms with Crippen molar-refractivity contribution in [1.82, 2.24) is 5.12 Å². The maximum absolute atomic E-state index is 13.3. The number of halogens is 8. The number of alkyl halides is 6. The van der Waals surface area contributed by atoms with Gasteiger partial charge >= 0.3 is 11.7 Å². The van der Waals surface area contributed by atoms with Crippen molar-refractivity contribution in [3.05, 3.63) is 38.3 Å². The fraction of sp³-hybridized carbons (Fsp3) is 0.400. The standard InChI is InChI=1S/C15H13Cl2F6N5O2S/c16-8-4-7(14(18,19)20)5-9(17)12(8)27-10(2-1-3-24)13(11(6-25)28(27)26)31(29,30)15(21,22)23/h4-5,11H,1-3,24,26H2. The molecule has 2 rings (SSSR count). The quantitative estimate of drug-likeness (QED) is 0.457. The zero-order chi connectivity index (χ0) is 23.9. The lowest BCUT2D eigenvalue weighted by atomic mass is 10.1. The van der Waals surface area contributed by atoms with E-state index in [0.717, 1.165) is 0 Å². The monoisotopic (exact) mass is 511 g/mol. The zero-order valence-electron chi connectivity index (χ0n) is 15.1. The SMILES string of the molecule is N#CC1C(S(=O)(=O)C(F)(F)F)=C(CCCN)N(c2c(Cl)cc(C(F)(F)F)cc2Cl)N1N. The van der Waals surface area contributed by atoms with Gasteiger partial charge in [0.05, 0.1) is 33.1 Å². The Morgan fingerprint density at radius 2 is 1.65 bits per heavy atom. The topological polar surface area (TPSA) is 116 Å². The number of hydrogen-bond acceptors (Lipinski definition) is 7. The summed E-state index contributed by atoms with van der Waals surface area (Å²) in [7, 11) is -6.06. The van der Waals surface area contributed by atoms with E-state index >= 15 is 0 Å². The number of allylic oxidation sites excluding steroid dienone is 1. The summed E-state index contributed by atoms with van der Waals surface area (Å²) in [4.78, 5) is -1.38. The summed E-state index contributed by atoms with van der Waals surface area (Å²) in [6.07, 6.45) is -5.33. The molecule has 1 unspecified atom stereocenters. The Morgan fingerprint density at radius 1 is 1.13 bits per heavy atom. The van der Waals surface area contributed by atoms with E-state index in [0.29, 0.717) is 22.3 Å². The fourth-order valence-electron chi connectivity index (χ4n) is 2.86. The van der Waals surface area contributed by atoms with Crippen LogP contribution in [0.25, 0.3) is 0 Å². The second-order valence-electron chi connectivity index (χ2n) is 6.16. The molecule has 1 heterocycles. The highest BCUT2D eigenvalue weighted by molar-refractivity contribution is 7.96. The molecule has 16 heteroatoms. The van der Waals surface area contributed by atoms with E-state index in [-0.39, 0.29) is 13.0 Å². The van der Waals surface area contributed by atoms with Crippen molar-refractivity contribution in [3.63, 3.8) is 0 Å². The smallest absolute Gasteiger partial charge is 0.330 e. The van der Waals surface area contributed by atoms with Crippen molar-refractivity contribution >= 4 is 38.7 Å². The Kier molecular flexibility index (Phi) is 7.11. The molecule has 1 aromatic carbocycles. The number of sulfone groups is 1. The Balaban J connectivity index is 2.85. The molecular weight excluding hydrogens is 499 g/mol. The third-order valence-corrected chi connectivity index (χ3v) is 6.40. The molecule has 0 aliphatic carbocycles. The molecule has 31 heavy (non-hydrogen) atoms. The van der Waals surface area contributed by atoms with Crippen LogP contribution in [0.15, 0.2) is 22.7 Å². The van der Waals surface area contributed by atoms with Crippen LogP contribution in [0.2, 0.25) is 10.0 Å². The van der Waals surface area contributed by atoms with Crippen LogP contribution in [-0.2, 0) is 16.0 Å². The van der Waals surface area contributed by atoms with E-state index in [2.05, 4.69) is 0 Å². The third-order valence-electron chi connectivity index (χ3n) is 4.17. The largest absolute Gasteiger partial charge is 0.501 e. The Hall–Kier alpha value is -1.76. The van der Waals surface area contributed by atoms with Crippen LogP contribution in [0.5, 0.6) is 0 Å². The molecule has 1 aliphatic heterocycles. The summed E-state index contributed by atoms with van der Waals surface area (Å²) in [6, 6.07) is 0.0676. The van der Waals surface area contributed by atoms with Crippen molar-refractivity contribution in [2.45, 2.75) is 30.6 Å². The molecule has 0 saturated heterocycles. The maximum atomic E-state index is 13.3. The lowest BCUT2D eigenvalue weighted by Crippen LogP contribution is -2.48. The first-order chi connectivity index (χ1) is 14.1. The van der Waals surface area contributed by atoms with Gasteiger partial charge in [0.15, 0.2) is 6.04 Å². The van der Waals surface area contributed by atoms with Gasteiger partial charge in [-0.25, -0.2) is 14.3 Å². The summed E-state index contributed by atoms with van der Waals surface area (Å²) < 4.78 is 103. The van der Waals surface area contributed by atoms with E-state index in [1.165, 1.54) is 6.07 Å². The minimum atomic E-state index is -6.06. The fourth-order valence-corrected chi connectivity index (χ4v) is 4.71. The van der Waals surface area contributed by atoms with Gasteiger partial charge < -0.3 is 5.73 Å². The highest BCUT2D eigenvalue weighted by Crippen LogP contribution is 2.47. The molecule has 1 aromatic rings. The predicted octanol–water partition coefficient (Wildman–Crippen LogP) is 3.70. The second kappa shape index (κ2) is 8.64. The molecule has 0 amide bonds. The van der Waals surface area contributed by atoms with Gasteiger partial charge in [-0.2, -0.15) is 31.6 Å². The normalized spacial score (nSPS) is 18.6. The minimum absolute atomic E-state index is 0.0510. The second-order valence-corrected chi connectivity index (χ2v) is 8.89. The molecule has 172 valence electrons. The van der Waals surface area contributed by atoms with Crippen molar-refractivity contribution in [2.24, 2.45) is 11.6 Å². The summed E-state index contributed by atoms with van der Waals surface area (Å²) in [5.74, 6) is 5.71. The van der Waals surface area contributed by atoms with E-state index in [1.54, 1.807) is 0 Å². The number of hydrazine groups is 2. The van der Waals surface area contributed by atoms with Crippen LogP contribution in [0.3, 0.4) is 0 Å². The lowest BCUT2D eigenvalue weighted by molar-refractivity contribution is -0.137. The number of anilines is 1. The lowest BCUT2D eigenvalue weighted by Gasteiger charge is -2.31. The first-order valence-corrected chi connectivity index (χ1v) is 10.4. The van der Waals surface area contributed by atoms with E-state index in [4.69, 9.17) is 34.8 Å².